The fraction of sp³-hybridized carbons (Fsp3) is 0.625. The first-order valence-corrected chi connectivity index (χ1v) is 8.51. The third-order valence-corrected chi connectivity index (χ3v) is 3.87. The molecule has 0 radical (unpaired) electrons. The zero-order valence-corrected chi connectivity index (χ0v) is 14.7. The average molecular weight is 333 g/mol. The van der Waals surface area contributed by atoms with Crippen LogP contribution in [0.25, 0.3) is 0 Å². The van der Waals surface area contributed by atoms with E-state index >= 15 is 0 Å². The van der Waals surface area contributed by atoms with Gasteiger partial charge in [0.25, 0.3) is 0 Å². The molecule has 0 amide bonds. The molecular weight excluding hydrogens is 306 g/mol. The van der Waals surface area contributed by atoms with Crippen LogP contribution in [0.1, 0.15) is 43.7 Å². The molecule has 0 aliphatic carbocycles. The number of aromatic nitrogens is 4. The van der Waals surface area contributed by atoms with Crippen LogP contribution < -0.4 is 10.6 Å². The fourth-order valence-corrected chi connectivity index (χ4v) is 2.49. The molecule has 0 bridgehead atoms. The number of unbranched alkanes of at least 4 members (excludes halogenated alkanes) is 1. The molecule has 0 saturated carbocycles. The minimum absolute atomic E-state index is 0.677. The van der Waals surface area contributed by atoms with Crippen LogP contribution in [0.5, 0.6) is 0 Å². The lowest BCUT2D eigenvalue weighted by Crippen LogP contribution is -2.37. The minimum Gasteiger partial charge on any atom is -0.361 e. The highest BCUT2D eigenvalue weighted by molar-refractivity contribution is 5.79. The molecule has 8 nitrogen and oxygen atoms in total. The van der Waals surface area contributed by atoms with Gasteiger partial charge in [-0.2, -0.15) is 0 Å². The molecule has 0 aliphatic rings. The Bertz CT molecular complexity index is 597. The summed E-state index contributed by atoms with van der Waals surface area (Å²) in [7, 11) is 1.78. The van der Waals surface area contributed by atoms with Crippen molar-refractivity contribution in [1.29, 1.82) is 0 Å². The molecule has 24 heavy (non-hydrogen) atoms. The van der Waals surface area contributed by atoms with E-state index < -0.39 is 0 Å². The molecule has 0 atom stereocenters. The number of hydrogen-bond acceptors (Lipinski definition) is 5. The Hall–Kier alpha value is -2.38. The second-order valence-electron chi connectivity index (χ2n) is 5.50. The smallest absolute Gasteiger partial charge is 0.191 e. The Morgan fingerprint density at radius 3 is 2.62 bits per heavy atom. The van der Waals surface area contributed by atoms with Crippen LogP contribution in [0.15, 0.2) is 22.2 Å². The molecule has 2 rings (SSSR count). The van der Waals surface area contributed by atoms with E-state index in [1.165, 1.54) is 0 Å². The Balaban J connectivity index is 1.71. The first kappa shape index (κ1) is 18.0. The van der Waals surface area contributed by atoms with Crippen molar-refractivity contribution in [1.82, 2.24) is 30.6 Å². The maximum absolute atomic E-state index is 5.39. The first-order valence-electron chi connectivity index (χ1n) is 8.51. The lowest BCUT2D eigenvalue weighted by atomic mass is 10.1. The Kier molecular flexibility index (Phi) is 7.25. The maximum Gasteiger partial charge on any atom is 0.191 e. The molecule has 0 aromatic carbocycles. The highest BCUT2D eigenvalue weighted by Gasteiger charge is 2.13. The van der Waals surface area contributed by atoms with Crippen molar-refractivity contribution in [2.24, 2.45) is 4.99 Å². The van der Waals surface area contributed by atoms with Crippen LogP contribution in [-0.2, 0) is 25.9 Å². The number of aryl methyl sites for hydroxylation is 3. The zero-order valence-electron chi connectivity index (χ0n) is 14.7. The van der Waals surface area contributed by atoms with Gasteiger partial charge in [0.05, 0.1) is 5.69 Å². The van der Waals surface area contributed by atoms with Gasteiger partial charge in [0.2, 0.25) is 0 Å². The molecule has 0 spiro atoms. The van der Waals surface area contributed by atoms with E-state index in [1.54, 1.807) is 19.7 Å². The minimum atomic E-state index is 0.677. The molecule has 0 saturated heterocycles. The van der Waals surface area contributed by atoms with Gasteiger partial charge < -0.3 is 19.7 Å². The van der Waals surface area contributed by atoms with E-state index in [2.05, 4.69) is 44.8 Å². The second-order valence-corrected chi connectivity index (χ2v) is 5.50. The monoisotopic (exact) mass is 333 g/mol. The highest BCUT2D eigenvalue weighted by Crippen LogP contribution is 2.15. The molecule has 2 heterocycles. The summed E-state index contributed by atoms with van der Waals surface area (Å²) in [6.07, 6.45) is 7.31. The van der Waals surface area contributed by atoms with Gasteiger partial charge in [-0.15, -0.1) is 10.2 Å². The molecular formula is C16H27N7O. The van der Waals surface area contributed by atoms with E-state index in [0.29, 0.717) is 6.54 Å². The summed E-state index contributed by atoms with van der Waals surface area (Å²) in [5.74, 6) is 1.74. The Morgan fingerprint density at radius 1 is 1.17 bits per heavy atom. The molecule has 0 aliphatic heterocycles. The number of nitrogens with one attached hydrogen (secondary N) is 2. The predicted octanol–water partition coefficient (Wildman–Crippen LogP) is 1.54. The van der Waals surface area contributed by atoms with E-state index in [9.17, 15) is 0 Å². The highest BCUT2D eigenvalue weighted by atomic mass is 16.5. The van der Waals surface area contributed by atoms with Gasteiger partial charge in [0.15, 0.2) is 5.96 Å². The van der Waals surface area contributed by atoms with Gasteiger partial charge in [-0.25, -0.2) is 0 Å². The van der Waals surface area contributed by atoms with Crippen LogP contribution >= 0.6 is 0 Å². The molecule has 8 heteroatoms. The van der Waals surface area contributed by atoms with Gasteiger partial charge in [-0.1, -0.05) is 19.0 Å². The van der Waals surface area contributed by atoms with Gasteiger partial charge in [-0.3, -0.25) is 4.99 Å². The van der Waals surface area contributed by atoms with Crippen LogP contribution in [0.4, 0.5) is 0 Å². The molecule has 2 aromatic rings. The lowest BCUT2D eigenvalue weighted by molar-refractivity contribution is 0.380. The Morgan fingerprint density at radius 2 is 1.96 bits per heavy atom. The maximum atomic E-state index is 5.39. The van der Waals surface area contributed by atoms with Crippen molar-refractivity contribution in [2.75, 3.05) is 13.6 Å². The Labute approximate surface area is 142 Å². The largest absolute Gasteiger partial charge is 0.361 e. The lowest BCUT2D eigenvalue weighted by Gasteiger charge is -2.12. The number of aliphatic imine (C=N–C) groups is 1. The standard InChI is InChI=1S/C16H27N7O/c1-4-14-13(15(5-2)24-22-14)10-19-16(17-3)18-8-6-7-9-23-11-20-21-12-23/h11-12H,4-10H2,1-3H3,(H2,17,18,19). The molecule has 0 fully saturated rings. The first-order chi connectivity index (χ1) is 11.8. The third kappa shape index (κ3) is 5.07. The average Bonchev–Trinajstić information content (AvgIpc) is 3.26. The molecule has 132 valence electrons. The van der Waals surface area contributed by atoms with Crippen molar-refractivity contribution in [3.63, 3.8) is 0 Å². The number of nitrogens with zero attached hydrogens (tertiary/aromatic N) is 5. The van der Waals surface area contributed by atoms with Gasteiger partial charge in [0, 0.05) is 38.7 Å². The number of guanidine groups is 1. The van der Waals surface area contributed by atoms with E-state index in [-0.39, 0.29) is 0 Å². The summed E-state index contributed by atoms with van der Waals surface area (Å²) in [5.41, 5.74) is 2.17. The van der Waals surface area contributed by atoms with Crippen LogP contribution in [-0.4, -0.2) is 39.5 Å². The van der Waals surface area contributed by atoms with Crippen LogP contribution in [0, 0.1) is 0 Å². The SMILES string of the molecule is CCc1noc(CC)c1CNC(=NC)NCCCCn1cnnc1. The van der Waals surface area contributed by atoms with Crippen molar-refractivity contribution in [2.45, 2.75) is 52.6 Å². The van der Waals surface area contributed by atoms with Crippen molar-refractivity contribution < 1.29 is 4.52 Å². The number of hydrogen-bond donors (Lipinski definition) is 2. The summed E-state index contributed by atoms with van der Waals surface area (Å²) >= 11 is 0. The quantitative estimate of drug-likeness (QED) is 0.411. The molecule has 2 aromatic heterocycles. The summed E-state index contributed by atoms with van der Waals surface area (Å²) in [4.78, 5) is 4.26. The van der Waals surface area contributed by atoms with Crippen LogP contribution in [0.3, 0.4) is 0 Å². The summed E-state index contributed by atoms with van der Waals surface area (Å²) < 4.78 is 7.37. The summed E-state index contributed by atoms with van der Waals surface area (Å²) in [6.45, 7) is 6.64. The van der Waals surface area contributed by atoms with E-state index in [1.807, 2.05) is 4.57 Å². The van der Waals surface area contributed by atoms with Crippen molar-refractivity contribution in [3.05, 3.63) is 29.7 Å². The zero-order chi connectivity index (χ0) is 17.2. The van der Waals surface area contributed by atoms with E-state index in [4.69, 9.17) is 4.52 Å². The fourth-order valence-electron chi connectivity index (χ4n) is 2.49. The van der Waals surface area contributed by atoms with Crippen LogP contribution in [0.2, 0.25) is 0 Å². The summed E-state index contributed by atoms with van der Waals surface area (Å²) in [5, 5.41) is 18.4. The van der Waals surface area contributed by atoms with Crippen molar-refractivity contribution in [3.8, 4) is 0 Å². The topological polar surface area (TPSA) is 93.2 Å². The molecule has 0 unspecified atom stereocenters. The normalized spacial score (nSPS) is 11.7. The molecule has 2 N–H and O–H groups in total. The van der Waals surface area contributed by atoms with E-state index in [0.717, 1.165) is 61.7 Å². The van der Waals surface area contributed by atoms with Gasteiger partial charge >= 0.3 is 0 Å². The summed E-state index contributed by atoms with van der Waals surface area (Å²) in [6, 6.07) is 0. The third-order valence-electron chi connectivity index (χ3n) is 3.87. The van der Waals surface area contributed by atoms with Gasteiger partial charge in [0.1, 0.15) is 18.4 Å². The number of rotatable bonds is 9. The second kappa shape index (κ2) is 9.69. The van der Waals surface area contributed by atoms with Gasteiger partial charge in [-0.05, 0) is 19.3 Å². The van der Waals surface area contributed by atoms with Crippen molar-refractivity contribution >= 4 is 5.96 Å². The predicted molar refractivity (Wildman–Crippen MR) is 92.7 cm³/mol.